The summed E-state index contributed by atoms with van der Waals surface area (Å²) in [6.45, 7) is 1.90. The van der Waals surface area contributed by atoms with Crippen LogP contribution in [0.3, 0.4) is 0 Å². The van der Waals surface area contributed by atoms with Gasteiger partial charge in [0.15, 0.2) is 5.69 Å². The average molecular weight is 249 g/mol. The van der Waals surface area contributed by atoms with Crippen LogP contribution in [0.25, 0.3) is 0 Å². The molecule has 0 aliphatic carbocycles. The van der Waals surface area contributed by atoms with Crippen molar-refractivity contribution in [2.45, 2.75) is 13.3 Å². The van der Waals surface area contributed by atoms with E-state index in [-0.39, 0.29) is 5.69 Å². The summed E-state index contributed by atoms with van der Waals surface area (Å²) < 4.78 is 12.6. The average Bonchev–Trinajstić information content (AvgIpc) is 2.73. The van der Waals surface area contributed by atoms with E-state index in [2.05, 4.69) is 20.5 Å². The van der Waals surface area contributed by atoms with E-state index in [1.165, 1.54) is 12.3 Å². The molecule has 0 saturated carbocycles. The van der Waals surface area contributed by atoms with Crippen LogP contribution >= 0.6 is 0 Å². The van der Waals surface area contributed by atoms with E-state index in [9.17, 15) is 9.18 Å². The maximum Gasteiger partial charge on any atom is 0.278 e. The van der Waals surface area contributed by atoms with Crippen LogP contribution in [0.5, 0.6) is 0 Å². The maximum atomic E-state index is 12.6. The third-order valence-corrected chi connectivity index (χ3v) is 2.44. The van der Waals surface area contributed by atoms with Crippen LogP contribution in [-0.2, 0) is 6.42 Å². The van der Waals surface area contributed by atoms with Gasteiger partial charge in [0.05, 0.1) is 23.3 Å². The van der Waals surface area contributed by atoms with Crippen LogP contribution < -0.4 is 11.1 Å². The van der Waals surface area contributed by atoms with Crippen molar-refractivity contribution in [2.24, 2.45) is 0 Å². The molecule has 7 heteroatoms. The van der Waals surface area contributed by atoms with E-state index in [0.29, 0.717) is 23.5 Å². The van der Waals surface area contributed by atoms with Crippen molar-refractivity contribution in [3.63, 3.8) is 0 Å². The Hall–Kier alpha value is -2.44. The van der Waals surface area contributed by atoms with Crippen molar-refractivity contribution in [3.8, 4) is 0 Å². The molecular formula is C11H12FN5O. The minimum atomic E-state index is -0.611. The zero-order valence-electron chi connectivity index (χ0n) is 9.70. The first-order valence-electron chi connectivity index (χ1n) is 5.37. The number of aromatic nitrogens is 3. The first-order valence-corrected chi connectivity index (χ1v) is 5.37. The molecule has 2 heterocycles. The molecule has 0 aliphatic rings. The van der Waals surface area contributed by atoms with Crippen LogP contribution in [0.15, 0.2) is 18.3 Å². The molecule has 0 bridgehead atoms. The number of hydrogen-bond donors (Lipinski definition) is 3. The molecule has 1 amide bonds. The van der Waals surface area contributed by atoms with Crippen LogP contribution in [-0.4, -0.2) is 21.1 Å². The fourth-order valence-electron chi connectivity index (χ4n) is 1.47. The van der Waals surface area contributed by atoms with E-state index < -0.39 is 11.9 Å². The predicted molar refractivity (Wildman–Crippen MR) is 64.5 cm³/mol. The minimum Gasteiger partial charge on any atom is -0.395 e. The lowest BCUT2D eigenvalue weighted by molar-refractivity contribution is 0.102. The zero-order valence-corrected chi connectivity index (χ0v) is 9.70. The number of nitrogens with two attached hydrogens (primary N) is 1. The van der Waals surface area contributed by atoms with Gasteiger partial charge < -0.3 is 11.1 Å². The largest absolute Gasteiger partial charge is 0.395 e. The molecule has 0 spiro atoms. The Balaban J connectivity index is 2.16. The monoisotopic (exact) mass is 249 g/mol. The SMILES string of the molecule is CCc1[nH]nc(C(=O)Nc2ccc(F)nc2)c1N. The zero-order chi connectivity index (χ0) is 13.1. The number of anilines is 2. The number of nitrogen functional groups attached to an aromatic ring is 1. The standard InChI is InChI=1S/C11H12FN5O/c1-2-7-9(13)10(17-16-7)11(18)15-6-3-4-8(12)14-5-6/h3-5H,2,13H2,1H3,(H,15,18)(H,16,17). The van der Waals surface area contributed by atoms with Gasteiger partial charge in [-0.2, -0.15) is 9.49 Å². The number of hydrogen-bond acceptors (Lipinski definition) is 4. The third-order valence-electron chi connectivity index (χ3n) is 2.44. The summed E-state index contributed by atoms with van der Waals surface area (Å²) in [6.07, 6.45) is 1.88. The van der Waals surface area contributed by atoms with E-state index in [4.69, 9.17) is 5.73 Å². The lowest BCUT2D eigenvalue weighted by Crippen LogP contribution is -2.14. The van der Waals surface area contributed by atoms with E-state index >= 15 is 0 Å². The summed E-state index contributed by atoms with van der Waals surface area (Å²) in [5.41, 5.74) is 7.29. The summed E-state index contributed by atoms with van der Waals surface area (Å²) in [7, 11) is 0. The fraction of sp³-hybridized carbons (Fsp3) is 0.182. The van der Waals surface area contributed by atoms with Gasteiger partial charge in [-0.3, -0.25) is 9.89 Å². The lowest BCUT2D eigenvalue weighted by Gasteiger charge is -2.03. The molecular weight excluding hydrogens is 237 g/mol. The number of carbonyl (C=O) groups excluding carboxylic acids is 1. The van der Waals surface area contributed by atoms with Gasteiger partial charge in [-0.05, 0) is 18.6 Å². The molecule has 94 valence electrons. The topological polar surface area (TPSA) is 96.7 Å². The van der Waals surface area contributed by atoms with Gasteiger partial charge in [0.2, 0.25) is 5.95 Å². The molecule has 0 unspecified atom stereocenters. The number of amides is 1. The molecule has 4 N–H and O–H groups in total. The first kappa shape index (κ1) is 12.0. The molecule has 0 saturated heterocycles. The lowest BCUT2D eigenvalue weighted by atomic mass is 10.2. The van der Waals surface area contributed by atoms with Gasteiger partial charge in [-0.1, -0.05) is 6.92 Å². The van der Waals surface area contributed by atoms with Gasteiger partial charge in [-0.15, -0.1) is 0 Å². The molecule has 0 fully saturated rings. The number of carbonyl (C=O) groups is 1. The van der Waals surface area contributed by atoms with Crippen molar-refractivity contribution in [2.75, 3.05) is 11.1 Å². The second-order valence-corrected chi connectivity index (χ2v) is 3.64. The highest BCUT2D eigenvalue weighted by atomic mass is 19.1. The van der Waals surface area contributed by atoms with E-state index in [1.807, 2.05) is 6.92 Å². The summed E-state index contributed by atoms with van der Waals surface area (Å²) in [4.78, 5) is 15.3. The second kappa shape index (κ2) is 4.82. The Morgan fingerprint density at radius 3 is 2.89 bits per heavy atom. The molecule has 2 aromatic rings. The number of H-pyrrole nitrogens is 1. The second-order valence-electron chi connectivity index (χ2n) is 3.64. The van der Waals surface area contributed by atoms with Gasteiger partial charge >= 0.3 is 0 Å². The fourth-order valence-corrected chi connectivity index (χ4v) is 1.47. The number of nitrogens with zero attached hydrogens (tertiary/aromatic N) is 2. The maximum absolute atomic E-state index is 12.6. The summed E-state index contributed by atoms with van der Waals surface area (Å²) in [5.74, 6) is -1.07. The van der Waals surface area contributed by atoms with Gasteiger partial charge in [0.25, 0.3) is 5.91 Å². The molecule has 0 radical (unpaired) electrons. The predicted octanol–water partition coefficient (Wildman–Crippen LogP) is 1.34. The summed E-state index contributed by atoms with van der Waals surface area (Å²) in [6, 6.07) is 2.56. The molecule has 0 aliphatic heterocycles. The number of aryl methyl sites for hydroxylation is 1. The van der Waals surface area contributed by atoms with Crippen molar-refractivity contribution >= 4 is 17.3 Å². The van der Waals surface area contributed by atoms with E-state index in [0.717, 1.165) is 6.07 Å². The van der Waals surface area contributed by atoms with E-state index in [1.54, 1.807) is 0 Å². The highest BCUT2D eigenvalue weighted by Gasteiger charge is 2.16. The van der Waals surface area contributed by atoms with Crippen LogP contribution in [0.4, 0.5) is 15.8 Å². The summed E-state index contributed by atoms with van der Waals surface area (Å²) >= 11 is 0. The Labute approximate surface area is 102 Å². The quantitative estimate of drug-likeness (QED) is 0.715. The normalized spacial score (nSPS) is 10.3. The number of nitrogens with one attached hydrogen (secondary N) is 2. The third kappa shape index (κ3) is 2.29. The van der Waals surface area contributed by atoms with Gasteiger partial charge in [0, 0.05) is 0 Å². The highest BCUT2D eigenvalue weighted by molar-refractivity contribution is 6.06. The highest BCUT2D eigenvalue weighted by Crippen LogP contribution is 2.16. The summed E-state index contributed by atoms with van der Waals surface area (Å²) in [5, 5.41) is 9.06. The number of halogens is 1. The van der Waals surface area contributed by atoms with Crippen molar-refractivity contribution < 1.29 is 9.18 Å². The molecule has 2 aromatic heterocycles. The minimum absolute atomic E-state index is 0.121. The Bertz CT molecular complexity index is 563. The Morgan fingerprint density at radius 2 is 2.33 bits per heavy atom. The molecule has 0 aromatic carbocycles. The molecule has 2 rings (SSSR count). The smallest absolute Gasteiger partial charge is 0.278 e. The number of rotatable bonds is 3. The van der Waals surface area contributed by atoms with Gasteiger partial charge in [0.1, 0.15) is 0 Å². The first-order chi connectivity index (χ1) is 8.61. The Kier molecular flexibility index (Phi) is 3.22. The number of pyridine rings is 1. The van der Waals surface area contributed by atoms with Crippen molar-refractivity contribution in [1.82, 2.24) is 15.2 Å². The Morgan fingerprint density at radius 1 is 1.56 bits per heavy atom. The molecule has 18 heavy (non-hydrogen) atoms. The van der Waals surface area contributed by atoms with Crippen LogP contribution in [0.2, 0.25) is 0 Å². The molecule has 0 atom stereocenters. The van der Waals surface area contributed by atoms with Crippen LogP contribution in [0, 0.1) is 5.95 Å². The number of aromatic amines is 1. The van der Waals surface area contributed by atoms with Crippen molar-refractivity contribution in [3.05, 3.63) is 35.7 Å². The van der Waals surface area contributed by atoms with Crippen LogP contribution in [0.1, 0.15) is 23.1 Å². The van der Waals surface area contributed by atoms with Crippen molar-refractivity contribution in [1.29, 1.82) is 0 Å². The van der Waals surface area contributed by atoms with Gasteiger partial charge in [-0.25, -0.2) is 4.98 Å². The molecule has 6 nitrogen and oxygen atoms in total.